The molecule has 3 aliphatic rings. The third-order valence-corrected chi connectivity index (χ3v) is 8.06. The lowest BCUT2D eigenvalue weighted by Crippen LogP contribution is -2.44. The highest BCUT2D eigenvalue weighted by molar-refractivity contribution is 5.94. The molecule has 0 radical (unpaired) electrons. The third-order valence-electron chi connectivity index (χ3n) is 8.06. The van der Waals surface area contributed by atoms with Crippen LogP contribution in [0.4, 0.5) is 4.39 Å². The molecular weight excluding hydrogens is 469 g/mol. The molecule has 0 fully saturated rings. The molecule has 184 valence electrons. The average molecular weight is 491 g/mol. The Kier molecular flexibility index (Phi) is 4.63. The number of halogens is 1. The van der Waals surface area contributed by atoms with Gasteiger partial charge in [0, 0.05) is 27.5 Å². The number of aromatic nitrogens is 2. The second kappa shape index (κ2) is 7.36. The number of aryl methyl sites for hydroxylation is 1. The molecule has 0 amide bonds. The van der Waals surface area contributed by atoms with E-state index in [1.807, 2.05) is 0 Å². The van der Waals surface area contributed by atoms with Gasteiger partial charge in [-0.25, -0.2) is 14.2 Å². The maximum atomic E-state index is 14.9. The van der Waals surface area contributed by atoms with Crippen molar-refractivity contribution >= 4 is 16.9 Å². The van der Waals surface area contributed by atoms with E-state index in [-0.39, 0.29) is 37.1 Å². The predicted octanol–water partition coefficient (Wildman–Crippen LogP) is 2.97. The molecule has 0 bridgehead atoms. The van der Waals surface area contributed by atoms with Crippen molar-refractivity contribution in [2.75, 3.05) is 6.61 Å². The molecule has 1 unspecified atom stereocenters. The first-order valence-corrected chi connectivity index (χ1v) is 11.7. The molecule has 1 aliphatic carbocycles. The fourth-order valence-corrected chi connectivity index (χ4v) is 6.05. The van der Waals surface area contributed by atoms with E-state index in [0.29, 0.717) is 45.4 Å². The standard InChI is InChI=1S/C25H22FN5O5/c1-3-25(35)15-6-18-21-13(8-31(18)22(33)14(15)9-36-23(25)34)20-19-12(4-5-24(20,10-32)29-30-27)11(2)16(26)7-17(19)28-21/h6-7,32,35H,3-5,8-10H2,1-2H3/t24?,25-/m0/s1. The summed E-state index contributed by atoms with van der Waals surface area (Å²) >= 11 is 0. The van der Waals surface area contributed by atoms with Crippen LogP contribution < -0.4 is 5.56 Å². The lowest BCUT2D eigenvalue weighted by Gasteiger charge is -2.35. The van der Waals surface area contributed by atoms with Crippen molar-refractivity contribution in [3.63, 3.8) is 0 Å². The second-order valence-electron chi connectivity index (χ2n) is 9.65. The molecular formula is C25H22FN5O5. The van der Waals surface area contributed by atoms with Gasteiger partial charge in [0.2, 0.25) is 0 Å². The molecule has 1 aromatic carbocycles. The number of aliphatic hydroxyl groups excluding tert-OH is 1. The Morgan fingerprint density at radius 2 is 2.08 bits per heavy atom. The van der Waals surface area contributed by atoms with Crippen LogP contribution in [0.3, 0.4) is 0 Å². The molecule has 6 rings (SSSR count). The number of esters is 1. The topological polar surface area (TPSA) is 150 Å². The molecule has 11 heteroatoms. The summed E-state index contributed by atoms with van der Waals surface area (Å²) in [6.45, 7) is 2.63. The Morgan fingerprint density at radius 1 is 1.31 bits per heavy atom. The van der Waals surface area contributed by atoms with Crippen LogP contribution in [-0.2, 0) is 40.2 Å². The lowest BCUT2D eigenvalue weighted by molar-refractivity contribution is -0.172. The van der Waals surface area contributed by atoms with Crippen molar-refractivity contribution < 1.29 is 24.1 Å². The summed E-state index contributed by atoms with van der Waals surface area (Å²) in [5.41, 5.74) is 9.34. The van der Waals surface area contributed by atoms with Gasteiger partial charge in [-0.2, -0.15) is 0 Å². The fraction of sp³-hybridized carbons (Fsp3) is 0.400. The Balaban J connectivity index is 1.75. The summed E-state index contributed by atoms with van der Waals surface area (Å²) in [5.74, 6) is -1.26. The van der Waals surface area contributed by atoms with E-state index >= 15 is 0 Å². The number of hydrogen-bond acceptors (Lipinski definition) is 7. The number of fused-ring (bicyclic) bond motifs is 5. The van der Waals surface area contributed by atoms with E-state index in [4.69, 9.17) is 9.72 Å². The highest BCUT2D eigenvalue weighted by Gasteiger charge is 2.47. The molecule has 0 spiro atoms. The van der Waals surface area contributed by atoms with Crippen molar-refractivity contribution in [2.24, 2.45) is 5.11 Å². The number of aliphatic hydroxyl groups is 2. The smallest absolute Gasteiger partial charge is 0.343 e. The van der Waals surface area contributed by atoms with Crippen molar-refractivity contribution in [2.45, 2.75) is 57.4 Å². The maximum absolute atomic E-state index is 14.9. The number of azide groups is 1. The van der Waals surface area contributed by atoms with Gasteiger partial charge in [-0.3, -0.25) is 4.79 Å². The molecule has 2 aromatic heterocycles. The molecule has 10 nitrogen and oxygen atoms in total. The van der Waals surface area contributed by atoms with Gasteiger partial charge in [-0.15, -0.1) is 0 Å². The summed E-state index contributed by atoms with van der Waals surface area (Å²) in [6, 6.07) is 2.88. The van der Waals surface area contributed by atoms with E-state index < -0.39 is 35.1 Å². The number of ether oxygens (including phenoxy) is 1. The largest absolute Gasteiger partial charge is 0.458 e. The first kappa shape index (κ1) is 22.7. The third kappa shape index (κ3) is 2.62. The highest BCUT2D eigenvalue weighted by Crippen LogP contribution is 2.49. The second-order valence-corrected chi connectivity index (χ2v) is 9.65. The average Bonchev–Trinajstić information content (AvgIpc) is 3.24. The predicted molar refractivity (Wildman–Crippen MR) is 125 cm³/mol. The Morgan fingerprint density at radius 3 is 2.78 bits per heavy atom. The number of cyclic esters (lactones) is 1. The van der Waals surface area contributed by atoms with E-state index in [1.54, 1.807) is 19.9 Å². The van der Waals surface area contributed by atoms with Gasteiger partial charge in [0.05, 0.1) is 41.2 Å². The van der Waals surface area contributed by atoms with Crippen molar-refractivity contribution in [3.05, 3.63) is 72.1 Å². The fourth-order valence-electron chi connectivity index (χ4n) is 6.05. The zero-order valence-corrected chi connectivity index (χ0v) is 19.6. The summed E-state index contributed by atoms with van der Waals surface area (Å²) < 4.78 is 21.5. The molecule has 2 N–H and O–H groups in total. The van der Waals surface area contributed by atoms with Gasteiger partial charge in [-0.05, 0) is 54.5 Å². The number of benzene rings is 1. The van der Waals surface area contributed by atoms with Gasteiger partial charge in [0.1, 0.15) is 12.4 Å². The SMILES string of the molecule is CC[C@@]1(O)C(=O)OCc2c1cc1n(c2=O)Cc2c-1nc1cc(F)c(C)c3c1c2C(CO)(N=[N+]=[N-])CC3. The summed E-state index contributed by atoms with van der Waals surface area (Å²) in [5, 5.41) is 26.2. The van der Waals surface area contributed by atoms with Gasteiger partial charge in [-0.1, -0.05) is 12.0 Å². The number of rotatable bonds is 3. The van der Waals surface area contributed by atoms with E-state index in [2.05, 4.69) is 10.0 Å². The highest BCUT2D eigenvalue weighted by atomic mass is 19.1. The minimum absolute atomic E-state index is 0.00331. The zero-order chi connectivity index (χ0) is 25.6. The molecule has 4 heterocycles. The number of nitrogens with zero attached hydrogens (tertiary/aromatic N) is 5. The first-order valence-electron chi connectivity index (χ1n) is 11.7. The van der Waals surface area contributed by atoms with Crippen molar-refractivity contribution in [1.29, 1.82) is 0 Å². The van der Waals surface area contributed by atoms with Crippen LogP contribution in [0.1, 0.15) is 53.1 Å². The van der Waals surface area contributed by atoms with Crippen LogP contribution in [-0.4, -0.2) is 32.3 Å². The minimum atomic E-state index is -1.98. The van der Waals surface area contributed by atoms with Crippen LogP contribution in [0.5, 0.6) is 0 Å². The lowest BCUT2D eigenvalue weighted by atomic mass is 9.74. The monoisotopic (exact) mass is 491 g/mol. The van der Waals surface area contributed by atoms with Crippen LogP contribution in [0.25, 0.3) is 32.7 Å². The van der Waals surface area contributed by atoms with Crippen LogP contribution in [0, 0.1) is 12.7 Å². The number of carbonyl (C=O) groups excluding carboxylic acids is 1. The van der Waals surface area contributed by atoms with Crippen LogP contribution in [0.2, 0.25) is 0 Å². The van der Waals surface area contributed by atoms with E-state index in [9.17, 15) is 29.7 Å². The quantitative estimate of drug-likeness (QED) is 0.195. The first-order chi connectivity index (χ1) is 17.2. The van der Waals surface area contributed by atoms with E-state index in [1.165, 1.54) is 10.6 Å². The van der Waals surface area contributed by atoms with Gasteiger partial charge in [0.25, 0.3) is 5.56 Å². The Hall–Kier alpha value is -3.79. The number of hydrogen-bond donors (Lipinski definition) is 2. The molecule has 0 saturated carbocycles. The molecule has 3 aromatic rings. The van der Waals surface area contributed by atoms with Gasteiger partial charge < -0.3 is 19.5 Å². The van der Waals surface area contributed by atoms with E-state index in [0.717, 1.165) is 5.56 Å². The molecule has 0 saturated heterocycles. The maximum Gasteiger partial charge on any atom is 0.343 e. The molecule has 2 aliphatic heterocycles. The molecule has 36 heavy (non-hydrogen) atoms. The van der Waals surface area contributed by atoms with Crippen molar-refractivity contribution in [1.82, 2.24) is 9.55 Å². The number of carbonyl (C=O) groups is 1. The summed E-state index contributed by atoms with van der Waals surface area (Å²) in [4.78, 5) is 33.7. The normalized spacial score (nSPS) is 23.5. The zero-order valence-electron chi connectivity index (χ0n) is 19.6. The minimum Gasteiger partial charge on any atom is -0.458 e. The van der Waals surface area contributed by atoms with Gasteiger partial charge >= 0.3 is 5.97 Å². The number of pyridine rings is 2. The van der Waals surface area contributed by atoms with Crippen molar-refractivity contribution in [3.8, 4) is 11.4 Å². The Bertz CT molecular complexity index is 1640. The summed E-state index contributed by atoms with van der Waals surface area (Å²) in [7, 11) is 0. The van der Waals surface area contributed by atoms with Gasteiger partial charge in [0.15, 0.2) is 5.60 Å². The summed E-state index contributed by atoms with van der Waals surface area (Å²) in [6.07, 6.45) is 0.650. The van der Waals surface area contributed by atoms with Crippen LogP contribution in [0.15, 0.2) is 22.0 Å². The molecule has 2 atom stereocenters. The Labute approximate surface area is 203 Å². The van der Waals surface area contributed by atoms with Crippen LogP contribution >= 0.6 is 0 Å².